The topological polar surface area (TPSA) is 79.5 Å². The fraction of sp³-hybridized carbons (Fsp3) is 0.583. The van der Waals surface area contributed by atoms with Crippen molar-refractivity contribution in [3.05, 3.63) is 27.9 Å². The van der Waals surface area contributed by atoms with E-state index < -0.39 is 4.92 Å². The highest BCUT2D eigenvalue weighted by Crippen LogP contribution is 2.30. The molecule has 1 heterocycles. The van der Waals surface area contributed by atoms with Gasteiger partial charge in [0.15, 0.2) is 0 Å². The molecule has 0 aliphatic heterocycles. The van der Waals surface area contributed by atoms with Gasteiger partial charge >= 0.3 is 0 Å². The first-order valence-corrected chi connectivity index (χ1v) is 6.12. The van der Waals surface area contributed by atoms with Gasteiger partial charge in [-0.2, -0.15) is 0 Å². The molecule has 0 radical (unpaired) electrons. The highest BCUT2D eigenvalue weighted by Gasteiger charge is 2.26. The molecule has 0 unspecified atom stereocenters. The Balaban J connectivity index is 2.24. The number of nitro groups is 1. The summed E-state index contributed by atoms with van der Waals surface area (Å²) in [6.07, 6.45) is 4.68. The molecular weight excluding hydrogens is 234 g/mol. The summed E-state index contributed by atoms with van der Waals surface area (Å²) >= 11 is 0. The summed E-state index contributed by atoms with van der Waals surface area (Å²) in [5.74, 6) is 0.719. The lowest BCUT2D eigenvalue weighted by Crippen LogP contribution is -2.42. The number of rotatable bonds is 5. The normalized spacial score (nSPS) is 15.2. The largest absolute Gasteiger partial charge is 0.395 e. The van der Waals surface area contributed by atoms with Crippen LogP contribution in [0.25, 0.3) is 0 Å². The zero-order valence-electron chi connectivity index (χ0n) is 10.4. The van der Waals surface area contributed by atoms with Crippen LogP contribution in [-0.4, -0.2) is 34.2 Å². The predicted molar refractivity (Wildman–Crippen MR) is 67.7 cm³/mol. The second-order valence-electron chi connectivity index (χ2n) is 4.59. The number of pyridine rings is 1. The molecule has 1 fully saturated rings. The molecule has 2 rings (SSSR count). The van der Waals surface area contributed by atoms with Crippen LogP contribution >= 0.6 is 0 Å². The van der Waals surface area contributed by atoms with Gasteiger partial charge in [0.1, 0.15) is 12.0 Å². The lowest BCUT2D eigenvalue weighted by Gasteiger charge is -2.38. The van der Waals surface area contributed by atoms with Crippen LogP contribution in [0.4, 0.5) is 11.5 Å². The van der Waals surface area contributed by atoms with E-state index in [0.29, 0.717) is 18.2 Å². The molecule has 6 nitrogen and oxygen atoms in total. The molecule has 0 aromatic carbocycles. The van der Waals surface area contributed by atoms with E-state index in [9.17, 15) is 10.1 Å². The maximum absolute atomic E-state index is 10.7. The summed E-state index contributed by atoms with van der Waals surface area (Å²) in [6, 6.07) is 2.14. The molecule has 1 aliphatic rings. The molecule has 1 N–H and O–H groups in total. The minimum atomic E-state index is -0.425. The van der Waals surface area contributed by atoms with Crippen molar-refractivity contribution >= 4 is 11.5 Å². The van der Waals surface area contributed by atoms with E-state index in [0.717, 1.165) is 18.7 Å². The Bertz CT molecular complexity index is 446. The van der Waals surface area contributed by atoms with Gasteiger partial charge in [-0.15, -0.1) is 0 Å². The van der Waals surface area contributed by atoms with Gasteiger partial charge in [-0.05, 0) is 32.3 Å². The van der Waals surface area contributed by atoms with Crippen LogP contribution in [0.15, 0.2) is 12.3 Å². The third kappa shape index (κ3) is 2.43. The van der Waals surface area contributed by atoms with Gasteiger partial charge in [0.25, 0.3) is 5.69 Å². The monoisotopic (exact) mass is 251 g/mol. The Morgan fingerprint density at radius 1 is 1.61 bits per heavy atom. The Kier molecular flexibility index (Phi) is 3.76. The molecule has 0 amide bonds. The average Bonchev–Trinajstić information content (AvgIpc) is 2.25. The standard InChI is InChI=1S/C12H17N3O3/c1-9-7-12(13-8-11(9)15(17)18)14(5-6-16)10-3-2-4-10/h7-8,10,16H,2-6H2,1H3. The van der Waals surface area contributed by atoms with Gasteiger partial charge in [-0.3, -0.25) is 10.1 Å². The number of nitrogens with zero attached hydrogens (tertiary/aromatic N) is 3. The van der Waals surface area contributed by atoms with E-state index in [1.165, 1.54) is 12.6 Å². The second kappa shape index (κ2) is 5.30. The summed E-state index contributed by atoms with van der Waals surface area (Å²) in [5.41, 5.74) is 0.642. The predicted octanol–water partition coefficient (Wildman–Crippen LogP) is 1.65. The number of aliphatic hydroxyl groups is 1. The summed E-state index contributed by atoms with van der Waals surface area (Å²) < 4.78 is 0. The maximum atomic E-state index is 10.7. The summed E-state index contributed by atoms with van der Waals surface area (Å²) in [5, 5.41) is 19.8. The first-order valence-electron chi connectivity index (χ1n) is 6.12. The molecule has 18 heavy (non-hydrogen) atoms. The molecule has 0 saturated heterocycles. The van der Waals surface area contributed by atoms with Crippen LogP contribution in [0.3, 0.4) is 0 Å². The van der Waals surface area contributed by atoms with Crippen LogP contribution in [0.1, 0.15) is 24.8 Å². The highest BCUT2D eigenvalue weighted by molar-refractivity contribution is 5.49. The third-order valence-corrected chi connectivity index (χ3v) is 3.42. The van der Waals surface area contributed by atoms with Crippen molar-refractivity contribution in [2.75, 3.05) is 18.1 Å². The molecule has 6 heteroatoms. The first kappa shape index (κ1) is 12.8. The van der Waals surface area contributed by atoms with Crippen molar-refractivity contribution in [3.63, 3.8) is 0 Å². The number of hydrogen-bond donors (Lipinski definition) is 1. The molecule has 1 aliphatic carbocycles. The smallest absolute Gasteiger partial charge is 0.290 e. The number of anilines is 1. The van der Waals surface area contributed by atoms with Gasteiger partial charge in [0.2, 0.25) is 0 Å². The molecule has 0 bridgehead atoms. The van der Waals surface area contributed by atoms with Crippen molar-refractivity contribution in [3.8, 4) is 0 Å². The maximum Gasteiger partial charge on any atom is 0.290 e. The molecule has 98 valence electrons. The zero-order valence-corrected chi connectivity index (χ0v) is 10.4. The van der Waals surface area contributed by atoms with Gasteiger partial charge < -0.3 is 10.0 Å². The molecule has 1 aromatic rings. The lowest BCUT2D eigenvalue weighted by molar-refractivity contribution is -0.385. The Hall–Kier alpha value is -1.69. The third-order valence-electron chi connectivity index (χ3n) is 3.42. The van der Waals surface area contributed by atoms with Crippen LogP contribution in [0.2, 0.25) is 0 Å². The SMILES string of the molecule is Cc1cc(N(CCO)C2CCC2)ncc1[N+](=O)[O-]. The minimum Gasteiger partial charge on any atom is -0.395 e. The summed E-state index contributed by atoms with van der Waals surface area (Å²) in [7, 11) is 0. The fourth-order valence-electron chi connectivity index (χ4n) is 2.17. The lowest BCUT2D eigenvalue weighted by atomic mass is 9.91. The first-order chi connectivity index (χ1) is 8.63. The number of aryl methyl sites for hydroxylation is 1. The Labute approximate surface area is 105 Å². The quantitative estimate of drug-likeness (QED) is 0.635. The molecule has 0 spiro atoms. The summed E-state index contributed by atoms with van der Waals surface area (Å²) in [6.45, 7) is 2.30. The number of hydrogen-bond acceptors (Lipinski definition) is 5. The van der Waals surface area contributed by atoms with Crippen LogP contribution in [-0.2, 0) is 0 Å². The van der Waals surface area contributed by atoms with Crippen molar-refractivity contribution < 1.29 is 10.0 Å². The van der Waals surface area contributed by atoms with E-state index >= 15 is 0 Å². The van der Waals surface area contributed by atoms with E-state index in [2.05, 4.69) is 4.98 Å². The van der Waals surface area contributed by atoms with Crippen LogP contribution in [0.5, 0.6) is 0 Å². The van der Waals surface area contributed by atoms with Gasteiger partial charge in [0, 0.05) is 18.2 Å². The van der Waals surface area contributed by atoms with E-state index in [-0.39, 0.29) is 12.3 Å². The van der Waals surface area contributed by atoms with Crippen LogP contribution < -0.4 is 4.90 Å². The molecule has 1 aromatic heterocycles. The minimum absolute atomic E-state index is 0.0382. The molecule has 0 atom stereocenters. The van der Waals surface area contributed by atoms with Crippen molar-refractivity contribution in [1.82, 2.24) is 4.98 Å². The van der Waals surface area contributed by atoms with Crippen molar-refractivity contribution in [2.45, 2.75) is 32.2 Å². The Morgan fingerprint density at radius 3 is 2.78 bits per heavy atom. The van der Waals surface area contributed by atoms with E-state index in [4.69, 9.17) is 5.11 Å². The highest BCUT2D eigenvalue weighted by atomic mass is 16.6. The average molecular weight is 251 g/mol. The number of aliphatic hydroxyl groups excluding tert-OH is 1. The van der Waals surface area contributed by atoms with Gasteiger partial charge in [0.05, 0.1) is 11.5 Å². The van der Waals surface area contributed by atoms with Gasteiger partial charge in [-0.25, -0.2) is 4.98 Å². The molecule has 1 saturated carbocycles. The Morgan fingerprint density at radius 2 is 2.33 bits per heavy atom. The fourth-order valence-corrected chi connectivity index (χ4v) is 2.17. The van der Waals surface area contributed by atoms with E-state index in [1.54, 1.807) is 13.0 Å². The van der Waals surface area contributed by atoms with E-state index in [1.807, 2.05) is 4.90 Å². The second-order valence-corrected chi connectivity index (χ2v) is 4.59. The number of aromatic nitrogens is 1. The van der Waals surface area contributed by atoms with Crippen LogP contribution in [0, 0.1) is 17.0 Å². The summed E-state index contributed by atoms with van der Waals surface area (Å²) in [4.78, 5) is 16.5. The van der Waals surface area contributed by atoms with Crippen molar-refractivity contribution in [2.24, 2.45) is 0 Å². The molecular formula is C12H17N3O3. The zero-order chi connectivity index (χ0) is 13.1. The van der Waals surface area contributed by atoms with Gasteiger partial charge in [-0.1, -0.05) is 0 Å². The van der Waals surface area contributed by atoms with Crippen molar-refractivity contribution in [1.29, 1.82) is 0 Å².